The number of benzene rings is 9. The number of sulfonamides is 4. The predicted octanol–water partition coefficient (Wildman–Crippen LogP) is 22.5. The lowest BCUT2D eigenvalue weighted by atomic mass is 9.92. The van der Waals surface area contributed by atoms with Crippen molar-refractivity contribution in [3.8, 4) is 116 Å². The van der Waals surface area contributed by atoms with Gasteiger partial charge in [-0.25, -0.2) is 33.7 Å². The highest BCUT2D eigenvalue weighted by molar-refractivity contribution is 7.93. The average Bonchev–Trinajstić information content (AvgIpc) is 1.57. The van der Waals surface area contributed by atoms with Gasteiger partial charge in [0.15, 0.2) is 0 Å². The topological polar surface area (TPSA) is 413 Å². The van der Waals surface area contributed by atoms with E-state index in [1.165, 1.54) is 12.8 Å². The van der Waals surface area contributed by atoms with Crippen LogP contribution in [-0.2, 0) is 59.7 Å². The Labute approximate surface area is 819 Å². The molecule has 0 atom stereocenters. The lowest BCUT2D eigenvalue weighted by Crippen LogP contribution is -2.18. The Kier molecular flexibility index (Phi) is 32.7. The molecule has 6 heterocycles. The lowest BCUT2D eigenvalue weighted by molar-refractivity contribution is 0.322. The Morgan fingerprint density at radius 1 is 0.371 bits per heavy atom. The molecule has 6 aromatic heterocycles. The minimum Gasteiger partial charge on any atom is -0.497 e. The summed E-state index contributed by atoms with van der Waals surface area (Å²) in [4.78, 5) is 4.38. The van der Waals surface area contributed by atoms with Crippen LogP contribution in [0.15, 0.2) is 206 Å². The minimum absolute atomic E-state index is 0.0120. The molecule has 6 N–H and O–H groups in total. The quantitative estimate of drug-likeness (QED) is 0.0269. The van der Waals surface area contributed by atoms with Crippen LogP contribution in [-0.4, -0.2) is 119 Å². The molecule has 2 saturated carbocycles. The van der Waals surface area contributed by atoms with Gasteiger partial charge >= 0.3 is 0 Å². The zero-order valence-electron chi connectivity index (χ0n) is 81.0. The number of rotatable bonds is 31. The number of hydrogen-bond donors (Lipinski definition) is 5. The number of nitrogens with one attached hydrogen (secondary N) is 4. The van der Waals surface area contributed by atoms with Gasteiger partial charge in [-0.3, -0.25) is 23.9 Å². The zero-order chi connectivity index (χ0) is 101. The summed E-state index contributed by atoms with van der Waals surface area (Å²) in [5, 5.41) is 53.9. The van der Waals surface area contributed by atoms with E-state index in [2.05, 4.69) is 105 Å². The predicted molar refractivity (Wildman–Crippen MR) is 558 cm³/mol. The van der Waals surface area contributed by atoms with Gasteiger partial charge < -0.3 is 52.3 Å². The highest BCUT2D eigenvalue weighted by Crippen LogP contribution is 2.48. The summed E-state index contributed by atoms with van der Waals surface area (Å²) in [6, 6.07) is 73.9. The van der Waals surface area contributed by atoms with Crippen LogP contribution in [0.1, 0.15) is 155 Å². The summed E-state index contributed by atoms with van der Waals surface area (Å²) in [5.74, 6) is 4.67. The summed E-state index contributed by atoms with van der Waals surface area (Å²) in [5.41, 5.74) is 24.8. The maximum atomic E-state index is 11.8. The molecule has 0 aliphatic heterocycles. The Balaban J connectivity index is 0.000000148. The van der Waals surface area contributed by atoms with E-state index in [0.717, 1.165) is 198 Å². The number of nitriles is 5. The first-order valence-electron chi connectivity index (χ1n) is 46.6. The minimum atomic E-state index is -3.34. The van der Waals surface area contributed by atoms with E-state index < -0.39 is 40.1 Å². The van der Waals surface area contributed by atoms with Gasteiger partial charge in [-0.15, -0.1) is 0 Å². The highest BCUT2D eigenvalue weighted by atomic mass is 32.2. The number of pyridine rings is 1. The number of methoxy groups -OCH3 is 1. The van der Waals surface area contributed by atoms with Gasteiger partial charge in [0.25, 0.3) is 0 Å². The number of ether oxygens (including phenoxy) is 5. The number of nitrogens with zero attached hydrogens (tertiary/aromatic N) is 11. The van der Waals surface area contributed by atoms with Crippen molar-refractivity contribution in [2.75, 3.05) is 82.2 Å². The van der Waals surface area contributed by atoms with E-state index in [9.17, 15) is 60.0 Å². The number of nitrogens with two attached hydrogens (primary N) is 1. The molecular formula is C107H116N16O13S4. The van der Waals surface area contributed by atoms with Gasteiger partial charge in [0.05, 0.1) is 159 Å². The van der Waals surface area contributed by atoms with E-state index in [4.69, 9.17) is 29.4 Å². The molecule has 0 unspecified atom stereocenters. The molecule has 0 amide bonds. The van der Waals surface area contributed by atoms with E-state index in [1.807, 2.05) is 180 Å². The largest absolute Gasteiger partial charge is 0.497 e. The first kappa shape index (κ1) is 102. The third kappa shape index (κ3) is 23.4. The van der Waals surface area contributed by atoms with Gasteiger partial charge in [-0.05, 0) is 242 Å². The molecule has 2 aliphatic rings. The van der Waals surface area contributed by atoms with E-state index >= 15 is 0 Å². The molecule has 29 nitrogen and oxygen atoms in total. The molecular weight excluding hydrogens is 1850 g/mol. The van der Waals surface area contributed by atoms with Crippen LogP contribution in [0.5, 0.6) is 28.7 Å². The van der Waals surface area contributed by atoms with Crippen molar-refractivity contribution in [2.45, 2.75) is 146 Å². The molecule has 140 heavy (non-hydrogen) atoms. The van der Waals surface area contributed by atoms with Gasteiger partial charge in [0, 0.05) is 112 Å². The third-order valence-corrected chi connectivity index (χ3v) is 27.8. The first-order chi connectivity index (χ1) is 67.1. The Morgan fingerprint density at radius 3 is 0.929 bits per heavy atom. The second-order valence-corrected chi connectivity index (χ2v) is 42.2. The normalized spacial score (nSPS) is 12.6. The molecule has 0 radical (unpaired) electrons. The molecule has 0 spiro atoms. The Morgan fingerprint density at radius 2 is 0.657 bits per heavy atom. The molecule has 0 saturated heterocycles. The molecule has 9 aromatic carbocycles. The second-order valence-electron chi connectivity index (χ2n) is 34.7. The fraction of sp³-hybridized carbons (Fsp3) is 0.308. The van der Waals surface area contributed by atoms with Crippen molar-refractivity contribution in [1.29, 1.82) is 26.3 Å². The standard InChI is InChI=1S/C23H25N3O3S.C23H27N3O3S.C22H23N3O3S.C22H25N3O3S.C17H16N4O/c1-3-29-19-12-13-20-21(15-24)23(26(22(20)14-19)18-6-5-7-18)16-8-10-17(11-9-16)25-30(27,28)4-2;1-5-29-19-11-12-20-21(14-24)23(26(15-16(3)4)22(20)13-19)17-7-9-18(10-8-17)25-30(27,28)6-2;1-3-28-18-11-12-19-20(14-23)22(25(21(19)13-18)17-5-4-6-17)15-7-9-16(10-8-15)24-29(2,26)27;1-5-28-18-10-11-19-20(13-23)22(25(14-15(2)3)21(19)12-18)16-6-8-17(9-7-16)24-29(4,26)27;1-3-21-16-8-12(22-2)5-6-13(16)14(9-18)17(21)15-7-4-11(19)10-20-15/h8-14,18,25H,3-7H2,1-2H3;7-13,16,25H,5-6,15H2,1-4H3;7-13,17,24H,3-6H2,1-2H3;6-12,15,24H,5,14H2,1-4H3;4-8,10H,3,19H2,1-2H3. The second kappa shape index (κ2) is 44.7. The maximum absolute atomic E-state index is 11.8. The smallest absolute Gasteiger partial charge is 0.232 e. The molecule has 726 valence electrons. The van der Waals surface area contributed by atoms with Crippen LogP contribution in [0.25, 0.3) is 111 Å². The van der Waals surface area contributed by atoms with Gasteiger partial charge in [0.1, 0.15) is 59.1 Å². The van der Waals surface area contributed by atoms with E-state index in [0.29, 0.717) is 107 Å². The molecule has 2 fully saturated rings. The van der Waals surface area contributed by atoms with Crippen molar-refractivity contribution in [1.82, 2.24) is 27.8 Å². The highest BCUT2D eigenvalue weighted by Gasteiger charge is 2.32. The van der Waals surface area contributed by atoms with Crippen molar-refractivity contribution in [3.63, 3.8) is 0 Å². The summed E-state index contributed by atoms with van der Waals surface area (Å²) >= 11 is 0. The summed E-state index contributed by atoms with van der Waals surface area (Å²) in [6.07, 6.45) is 10.5. The lowest BCUT2D eigenvalue weighted by Gasteiger charge is -2.30. The van der Waals surface area contributed by atoms with Crippen LogP contribution < -0.4 is 48.3 Å². The average molecular weight is 1960 g/mol. The summed E-state index contributed by atoms with van der Waals surface area (Å²) < 4.78 is 142. The van der Waals surface area contributed by atoms with E-state index in [-0.39, 0.29) is 11.5 Å². The molecule has 15 aromatic rings. The van der Waals surface area contributed by atoms with Gasteiger partial charge in [-0.1, -0.05) is 76.2 Å². The zero-order valence-corrected chi connectivity index (χ0v) is 84.2. The number of anilines is 5. The van der Waals surface area contributed by atoms with Crippen LogP contribution in [0.2, 0.25) is 0 Å². The van der Waals surface area contributed by atoms with Crippen LogP contribution >= 0.6 is 0 Å². The molecule has 0 bridgehead atoms. The molecule has 2 aliphatic carbocycles. The van der Waals surface area contributed by atoms with E-state index in [1.54, 1.807) is 81.8 Å². The summed E-state index contributed by atoms with van der Waals surface area (Å²) in [7, 11) is -11.7. The molecule has 33 heteroatoms. The fourth-order valence-corrected chi connectivity index (χ4v) is 19.9. The van der Waals surface area contributed by atoms with Crippen molar-refractivity contribution in [3.05, 3.63) is 234 Å². The van der Waals surface area contributed by atoms with Crippen molar-refractivity contribution >= 4 is 123 Å². The monoisotopic (exact) mass is 1960 g/mol. The van der Waals surface area contributed by atoms with Crippen LogP contribution in [0.4, 0.5) is 28.4 Å². The first-order valence-corrected chi connectivity index (χ1v) is 53.7. The van der Waals surface area contributed by atoms with Crippen molar-refractivity contribution in [2.24, 2.45) is 11.8 Å². The van der Waals surface area contributed by atoms with Gasteiger partial charge in [-0.2, -0.15) is 26.3 Å². The molecule has 17 rings (SSSR count). The SMILES string of the molecule is CCOc1ccc2c(C#N)c(-c3ccc(NS(=O)(=O)CC)cc3)n(C3CCC3)c2c1.CCOc1ccc2c(C#N)c(-c3ccc(NS(=O)(=O)CC)cc3)n(CC(C)C)c2c1.CCOc1ccc2c(C#N)c(-c3ccc(NS(C)(=O)=O)cc3)n(C3CCC3)c2c1.CCOc1ccc2c(C#N)c(-c3ccc(NS(C)(=O)=O)cc3)n(CC(C)C)c2c1.CCn1c(-c2ccc(N)cn2)c(C#N)c2ccc(OC)cc21. The fourth-order valence-electron chi connectivity index (χ4n) is 17.5. The Bertz CT molecular complexity index is 7780. The number of fused-ring (bicyclic) bond motifs is 5. The number of aryl methyl sites for hydroxylation is 1. The maximum Gasteiger partial charge on any atom is 0.232 e. The summed E-state index contributed by atoms with van der Waals surface area (Å²) in [6.45, 7) is 26.1. The van der Waals surface area contributed by atoms with Crippen LogP contribution in [0, 0.1) is 68.5 Å². The van der Waals surface area contributed by atoms with Gasteiger partial charge in [0.2, 0.25) is 40.1 Å². The number of nitrogen functional groups attached to an aromatic ring is 1. The Hall–Kier alpha value is -14.9. The number of aromatic nitrogens is 6. The van der Waals surface area contributed by atoms with Crippen LogP contribution in [0.3, 0.4) is 0 Å². The number of hydrogen-bond acceptors (Lipinski definition) is 20. The third-order valence-electron chi connectivity index (χ3n) is 24.0. The van der Waals surface area contributed by atoms with Crippen molar-refractivity contribution < 1.29 is 57.4 Å².